The van der Waals surface area contributed by atoms with E-state index in [4.69, 9.17) is 0 Å². The monoisotopic (exact) mass is 371 g/mol. The number of halogens is 3. The summed E-state index contributed by atoms with van der Waals surface area (Å²) in [6.07, 6.45) is -3.77. The standard InChI is InChI=1S/C16H16F3N3O2S/c1-3-9(2)20-14(24)12-8-25-15(21-12)22-13(23)10-5-4-6-11(7-10)16(17,18)19/h4-9H,3H2,1-2H3,(H,20,24)(H,21,22,23)/t9-/m0/s1. The Balaban J connectivity index is 2.08. The van der Waals surface area contributed by atoms with Gasteiger partial charge in [0.15, 0.2) is 5.13 Å². The summed E-state index contributed by atoms with van der Waals surface area (Å²) in [4.78, 5) is 28.0. The quantitative estimate of drug-likeness (QED) is 0.836. The fourth-order valence-electron chi connectivity index (χ4n) is 1.84. The zero-order chi connectivity index (χ0) is 18.6. The molecule has 1 aromatic carbocycles. The molecule has 0 unspecified atom stereocenters. The van der Waals surface area contributed by atoms with Gasteiger partial charge in [0.1, 0.15) is 5.69 Å². The summed E-state index contributed by atoms with van der Waals surface area (Å²) in [6, 6.07) is 4.06. The molecule has 0 aliphatic carbocycles. The summed E-state index contributed by atoms with van der Waals surface area (Å²) in [5.41, 5.74) is -0.909. The first kappa shape index (κ1) is 18.9. The molecule has 1 aromatic heterocycles. The number of thiazole rings is 1. The van der Waals surface area contributed by atoms with Gasteiger partial charge in [-0.1, -0.05) is 13.0 Å². The maximum Gasteiger partial charge on any atom is 0.416 e. The van der Waals surface area contributed by atoms with Crippen LogP contribution in [0.4, 0.5) is 18.3 Å². The molecule has 2 N–H and O–H groups in total. The molecular formula is C16H16F3N3O2S. The zero-order valence-electron chi connectivity index (χ0n) is 13.5. The van der Waals surface area contributed by atoms with Crippen molar-refractivity contribution in [3.8, 4) is 0 Å². The maximum atomic E-state index is 12.7. The minimum absolute atomic E-state index is 0.0163. The first-order chi connectivity index (χ1) is 11.7. The maximum absolute atomic E-state index is 12.7. The van der Waals surface area contributed by atoms with Gasteiger partial charge in [0.05, 0.1) is 5.56 Å². The van der Waals surface area contributed by atoms with Crippen LogP contribution in [0.1, 0.15) is 46.7 Å². The number of anilines is 1. The fraction of sp³-hybridized carbons (Fsp3) is 0.312. The van der Waals surface area contributed by atoms with Crippen molar-refractivity contribution < 1.29 is 22.8 Å². The fourth-order valence-corrected chi connectivity index (χ4v) is 2.53. The molecule has 0 bridgehead atoms. The molecular weight excluding hydrogens is 355 g/mol. The van der Waals surface area contributed by atoms with Gasteiger partial charge in [-0.2, -0.15) is 13.2 Å². The number of hydrogen-bond donors (Lipinski definition) is 2. The Morgan fingerprint density at radius 2 is 2.00 bits per heavy atom. The van der Waals surface area contributed by atoms with E-state index in [0.29, 0.717) is 0 Å². The molecule has 0 aliphatic rings. The molecule has 1 heterocycles. The second kappa shape index (κ2) is 7.64. The Hall–Kier alpha value is -2.42. The summed E-state index contributed by atoms with van der Waals surface area (Å²) < 4.78 is 38.1. The Morgan fingerprint density at radius 1 is 1.28 bits per heavy atom. The molecule has 9 heteroatoms. The van der Waals surface area contributed by atoms with Crippen LogP contribution in [0.2, 0.25) is 0 Å². The van der Waals surface area contributed by atoms with E-state index in [0.717, 1.165) is 36.0 Å². The molecule has 2 rings (SSSR count). The van der Waals surface area contributed by atoms with Gasteiger partial charge in [0, 0.05) is 17.0 Å². The van der Waals surface area contributed by atoms with Crippen LogP contribution in [0, 0.1) is 0 Å². The van der Waals surface area contributed by atoms with Crippen LogP contribution in [0.25, 0.3) is 0 Å². The number of nitrogens with one attached hydrogen (secondary N) is 2. The van der Waals surface area contributed by atoms with Crippen LogP contribution in [-0.2, 0) is 6.18 Å². The van der Waals surface area contributed by atoms with Crippen molar-refractivity contribution >= 4 is 28.3 Å². The first-order valence-corrected chi connectivity index (χ1v) is 8.33. The lowest BCUT2D eigenvalue weighted by Crippen LogP contribution is -2.32. The van der Waals surface area contributed by atoms with Crippen molar-refractivity contribution in [2.24, 2.45) is 0 Å². The number of amides is 2. The summed E-state index contributed by atoms with van der Waals surface area (Å²) in [5, 5.41) is 6.74. The van der Waals surface area contributed by atoms with Crippen LogP contribution in [-0.4, -0.2) is 22.8 Å². The minimum Gasteiger partial charge on any atom is -0.348 e. The number of rotatable bonds is 5. The number of carbonyl (C=O) groups excluding carboxylic acids is 2. The Kier molecular flexibility index (Phi) is 5.78. The van der Waals surface area contributed by atoms with E-state index in [1.807, 2.05) is 13.8 Å². The minimum atomic E-state index is -4.53. The summed E-state index contributed by atoms with van der Waals surface area (Å²) in [7, 11) is 0. The number of nitrogens with zero attached hydrogens (tertiary/aromatic N) is 1. The van der Waals surface area contributed by atoms with Crippen molar-refractivity contribution in [3.05, 3.63) is 46.5 Å². The molecule has 0 saturated carbocycles. The van der Waals surface area contributed by atoms with Gasteiger partial charge in [-0.15, -0.1) is 11.3 Å². The van der Waals surface area contributed by atoms with Gasteiger partial charge in [-0.25, -0.2) is 4.98 Å². The lowest BCUT2D eigenvalue weighted by atomic mass is 10.1. The predicted molar refractivity (Wildman–Crippen MR) is 88.7 cm³/mol. The Morgan fingerprint density at radius 3 is 2.64 bits per heavy atom. The third-order valence-electron chi connectivity index (χ3n) is 3.40. The number of benzene rings is 1. The van der Waals surface area contributed by atoms with E-state index in [-0.39, 0.29) is 28.3 Å². The van der Waals surface area contributed by atoms with E-state index in [1.165, 1.54) is 11.4 Å². The Labute approximate surface area is 146 Å². The van der Waals surface area contributed by atoms with Crippen molar-refractivity contribution in [2.75, 3.05) is 5.32 Å². The van der Waals surface area contributed by atoms with Gasteiger partial charge in [0.2, 0.25) is 0 Å². The van der Waals surface area contributed by atoms with E-state index in [1.54, 1.807) is 0 Å². The number of aromatic nitrogens is 1. The molecule has 25 heavy (non-hydrogen) atoms. The zero-order valence-corrected chi connectivity index (χ0v) is 14.3. The van der Waals surface area contributed by atoms with Gasteiger partial charge < -0.3 is 5.32 Å². The highest BCUT2D eigenvalue weighted by molar-refractivity contribution is 7.14. The highest BCUT2D eigenvalue weighted by atomic mass is 32.1. The molecule has 0 saturated heterocycles. The normalized spacial score (nSPS) is 12.5. The molecule has 0 spiro atoms. The number of alkyl halides is 3. The van der Waals surface area contributed by atoms with Gasteiger partial charge in [-0.3, -0.25) is 14.9 Å². The second-order valence-corrected chi connectivity index (χ2v) is 6.21. The smallest absolute Gasteiger partial charge is 0.348 e. The van der Waals surface area contributed by atoms with Crippen molar-refractivity contribution in [1.82, 2.24) is 10.3 Å². The average molecular weight is 371 g/mol. The van der Waals surface area contributed by atoms with Gasteiger partial charge in [0.25, 0.3) is 11.8 Å². The summed E-state index contributed by atoms with van der Waals surface area (Å²) in [6.45, 7) is 3.77. The van der Waals surface area contributed by atoms with Gasteiger partial charge >= 0.3 is 6.18 Å². The summed E-state index contributed by atoms with van der Waals surface area (Å²) >= 11 is 1.02. The van der Waals surface area contributed by atoms with Crippen molar-refractivity contribution in [3.63, 3.8) is 0 Å². The predicted octanol–water partition coefficient (Wildman–Crippen LogP) is 3.94. The molecule has 2 amide bonds. The van der Waals surface area contributed by atoms with Gasteiger partial charge in [-0.05, 0) is 31.5 Å². The van der Waals surface area contributed by atoms with Crippen LogP contribution in [0.15, 0.2) is 29.6 Å². The van der Waals surface area contributed by atoms with Crippen LogP contribution < -0.4 is 10.6 Å². The van der Waals surface area contributed by atoms with E-state index in [9.17, 15) is 22.8 Å². The highest BCUT2D eigenvalue weighted by Crippen LogP contribution is 2.29. The van der Waals surface area contributed by atoms with E-state index < -0.39 is 17.6 Å². The Bertz CT molecular complexity index is 774. The highest BCUT2D eigenvalue weighted by Gasteiger charge is 2.31. The SMILES string of the molecule is CC[C@H](C)NC(=O)c1csc(NC(=O)c2cccc(C(F)(F)F)c2)n1. The number of carbonyl (C=O) groups is 2. The average Bonchev–Trinajstić information content (AvgIpc) is 3.02. The first-order valence-electron chi connectivity index (χ1n) is 7.45. The molecule has 0 radical (unpaired) electrons. The van der Waals surface area contributed by atoms with Crippen LogP contribution >= 0.6 is 11.3 Å². The lowest BCUT2D eigenvalue weighted by molar-refractivity contribution is -0.137. The molecule has 0 fully saturated rings. The lowest BCUT2D eigenvalue weighted by Gasteiger charge is -2.09. The largest absolute Gasteiger partial charge is 0.416 e. The second-order valence-electron chi connectivity index (χ2n) is 5.35. The van der Waals surface area contributed by atoms with Crippen LogP contribution in [0.5, 0.6) is 0 Å². The third kappa shape index (κ3) is 5.02. The van der Waals surface area contributed by atoms with E-state index in [2.05, 4.69) is 15.6 Å². The molecule has 1 atom stereocenters. The molecule has 0 aliphatic heterocycles. The van der Waals surface area contributed by atoms with Crippen molar-refractivity contribution in [1.29, 1.82) is 0 Å². The molecule has 2 aromatic rings. The van der Waals surface area contributed by atoms with Crippen molar-refractivity contribution in [2.45, 2.75) is 32.5 Å². The third-order valence-corrected chi connectivity index (χ3v) is 4.16. The number of hydrogen-bond acceptors (Lipinski definition) is 4. The molecule has 5 nitrogen and oxygen atoms in total. The van der Waals surface area contributed by atoms with E-state index >= 15 is 0 Å². The molecule has 134 valence electrons. The summed E-state index contributed by atoms with van der Waals surface area (Å²) in [5.74, 6) is -1.10. The topological polar surface area (TPSA) is 71.1 Å². The van der Waals surface area contributed by atoms with Crippen LogP contribution in [0.3, 0.4) is 0 Å².